The first-order valence-electron chi connectivity index (χ1n) is 7.74. The van der Waals surface area contributed by atoms with Crippen molar-refractivity contribution in [2.45, 2.75) is 33.1 Å². The Labute approximate surface area is 139 Å². The summed E-state index contributed by atoms with van der Waals surface area (Å²) in [5, 5.41) is 8.15. The van der Waals surface area contributed by atoms with Crippen molar-refractivity contribution in [2.75, 3.05) is 0 Å². The van der Waals surface area contributed by atoms with E-state index in [9.17, 15) is 0 Å². The lowest BCUT2D eigenvalue weighted by Crippen LogP contribution is -2.10. The maximum atomic E-state index is 3.74. The zero-order chi connectivity index (χ0) is 15.6. The van der Waals surface area contributed by atoms with Crippen LogP contribution in [0, 0.1) is 6.92 Å². The van der Waals surface area contributed by atoms with Crippen LogP contribution in [0.4, 0.5) is 0 Å². The van der Waals surface area contributed by atoms with Gasteiger partial charge in [-0.3, -0.25) is 0 Å². The predicted octanol–water partition coefficient (Wildman–Crippen LogP) is 6.95. The summed E-state index contributed by atoms with van der Waals surface area (Å²) in [5.41, 5.74) is 2.89. The lowest BCUT2D eigenvalue weighted by molar-refractivity contribution is 0.591. The molecule has 0 N–H and O–H groups in total. The minimum Gasteiger partial charge on any atom is -0.0561 e. The molecule has 0 fully saturated rings. The smallest absolute Gasteiger partial charge is 0.0257 e. The molecule has 0 aliphatic rings. The van der Waals surface area contributed by atoms with E-state index in [1.54, 1.807) is 0 Å². The molecule has 0 saturated carbocycles. The second kappa shape index (κ2) is 4.45. The molecule has 0 saturated heterocycles. The van der Waals surface area contributed by atoms with Crippen molar-refractivity contribution in [1.29, 1.82) is 0 Å². The van der Waals surface area contributed by atoms with Gasteiger partial charge in [-0.15, -0.1) is 0 Å². The summed E-state index contributed by atoms with van der Waals surface area (Å²) in [5.74, 6) is 0. The molecule has 0 aliphatic heterocycles. The second-order valence-corrected chi connectivity index (χ2v) is 8.18. The monoisotopic (exact) mass is 350 g/mol. The van der Waals surface area contributed by atoms with Gasteiger partial charge in [0.25, 0.3) is 0 Å². The van der Waals surface area contributed by atoms with Gasteiger partial charge in [0.05, 0.1) is 0 Å². The highest BCUT2D eigenvalue weighted by atomic mass is 79.9. The van der Waals surface area contributed by atoms with Gasteiger partial charge < -0.3 is 0 Å². The molecule has 1 heteroatoms. The highest BCUT2D eigenvalue weighted by Gasteiger charge is 2.17. The zero-order valence-electron chi connectivity index (χ0n) is 13.4. The number of halogens is 1. The third kappa shape index (κ3) is 1.88. The summed E-state index contributed by atoms with van der Waals surface area (Å²) >= 11 is 3.74. The average molecular weight is 351 g/mol. The molecular weight excluding hydrogens is 332 g/mol. The van der Waals surface area contributed by atoms with Crippen LogP contribution < -0.4 is 0 Å². The first kappa shape index (κ1) is 14.0. The van der Waals surface area contributed by atoms with Gasteiger partial charge in [0.2, 0.25) is 0 Å². The minimum absolute atomic E-state index is 0.168. The molecule has 0 unspecified atom stereocenters. The van der Waals surface area contributed by atoms with Crippen molar-refractivity contribution in [3.63, 3.8) is 0 Å². The highest BCUT2D eigenvalue weighted by Crippen LogP contribution is 2.40. The molecule has 0 heterocycles. The predicted molar refractivity (Wildman–Crippen MR) is 101 cm³/mol. The largest absolute Gasteiger partial charge is 0.0561 e. The number of aryl methyl sites for hydroxylation is 1. The molecule has 0 aromatic heterocycles. The molecule has 0 bridgehead atoms. The van der Waals surface area contributed by atoms with E-state index in [1.165, 1.54) is 47.9 Å². The fourth-order valence-electron chi connectivity index (χ4n) is 3.47. The van der Waals surface area contributed by atoms with Crippen molar-refractivity contribution in [2.24, 2.45) is 0 Å². The Morgan fingerprint density at radius 2 is 1.36 bits per heavy atom. The van der Waals surface area contributed by atoms with E-state index in [-0.39, 0.29) is 5.41 Å². The quantitative estimate of drug-likeness (QED) is 0.301. The van der Waals surface area contributed by atoms with Crippen LogP contribution in [0.2, 0.25) is 0 Å². The summed E-state index contributed by atoms with van der Waals surface area (Å²) in [6.45, 7) is 9.03. The van der Waals surface area contributed by atoms with Crippen LogP contribution in [0.1, 0.15) is 31.9 Å². The van der Waals surface area contributed by atoms with Gasteiger partial charge in [-0.1, -0.05) is 73.1 Å². The van der Waals surface area contributed by atoms with Crippen molar-refractivity contribution in [3.05, 3.63) is 58.1 Å². The fourth-order valence-corrected chi connectivity index (χ4v) is 4.15. The maximum absolute atomic E-state index is 3.74. The van der Waals surface area contributed by atoms with Crippen LogP contribution in [-0.2, 0) is 5.41 Å². The Bertz CT molecular complexity index is 949. The molecule has 4 aromatic carbocycles. The summed E-state index contributed by atoms with van der Waals surface area (Å²) in [6, 6.07) is 16.0. The van der Waals surface area contributed by atoms with Crippen molar-refractivity contribution in [3.8, 4) is 0 Å². The van der Waals surface area contributed by atoms with Gasteiger partial charge >= 0.3 is 0 Å². The first-order valence-corrected chi connectivity index (χ1v) is 8.54. The molecule has 0 aliphatic carbocycles. The van der Waals surface area contributed by atoms with Gasteiger partial charge in [-0.2, -0.15) is 0 Å². The normalized spacial score (nSPS) is 12.8. The topological polar surface area (TPSA) is 0 Å². The lowest BCUT2D eigenvalue weighted by Gasteiger charge is -2.22. The first-order chi connectivity index (χ1) is 10.4. The highest BCUT2D eigenvalue weighted by molar-refractivity contribution is 9.10. The number of hydrogen-bond donors (Lipinski definition) is 0. The molecular formula is C21H19Br. The van der Waals surface area contributed by atoms with Crippen LogP contribution in [-0.4, -0.2) is 0 Å². The van der Waals surface area contributed by atoms with Crippen LogP contribution in [0.25, 0.3) is 32.3 Å². The third-order valence-electron chi connectivity index (χ3n) is 4.74. The SMILES string of the molecule is Cc1cc(Br)c2ccc3cc(C(C)(C)C)cc4ccc1c2c43. The van der Waals surface area contributed by atoms with Crippen molar-refractivity contribution in [1.82, 2.24) is 0 Å². The van der Waals surface area contributed by atoms with E-state index >= 15 is 0 Å². The summed E-state index contributed by atoms with van der Waals surface area (Å²) in [4.78, 5) is 0. The molecule has 0 amide bonds. The van der Waals surface area contributed by atoms with Crippen molar-refractivity contribution >= 4 is 48.2 Å². The Morgan fingerprint density at radius 1 is 0.773 bits per heavy atom. The van der Waals surface area contributed by atoms with Gasteiger partial charge in [0.15, 0.2) is 0 Å². The standard InChI is InChI=1S/C21H19Br/c1-12-9-18(22)17-8-6-14-11-15(21(2,3)4)10-13-5-7-16(12)20(17)19(13)14/h5-11H,1-4H3. The lowest BCUT2D eigenvalue weighted by atomic mass is 9.83. The van der Waals surface area contributed by atoms with Crippen LogP contribution in [0.3, 0.4) is 0 Å². The fraction of sp³-hybridized carbons (Fsp3) is 0.238. The molecule has 22 heavy (non-hydrogen) atoms. The Kier molecular flexibility index (Phi) is 2.84. The molecule has 0 radical (unpaired) electrons. The number of rotatable bonds is 0. The van der Waals surface area contributed by atoms with E-state index < -0.39 is 0 Å². The molecule has 4 aromatic rings. The summed E-state index contributed by atoms with van der Waals surface area (Å²) < 4.78 is 1.19. The average Bonchev–Trinajstić information content (AvgIpc) is 2.45. The Hall–Kier alpha value is -1.60. The Morgan fingerprint density at radius 3 is 1.95 bits per heavy atom. The Balaban J connectivity index is 2.27. The van der Waals surface area contributed by atoms with E-state index in [2.05, 4.69) is 86.1 Å². The summed E-state index contributed by atoms with van der Waals surface area (Å²) in [7, 11) is 0. The molecule has 0 spiro atoms. The van der Waals surface area contributed by atoms with E-state index in [4.69, 9.17) is 0 Å². The van der Waals surface area contributed by atoms with Crippen LogP contribution in [0.5, 0.6) is 0 Å². The van der Waals surface area contributed by atoms with Gasteiger partial charge in [-0.25, -0.2) is 0 Å². The van der Waals surface area contributed by atoms with E-state index in [1.807, 2.05) is 0 Å². The molecule has 110 valence electrons. The van der Waals surface area contributed by atoms with Gasteiger partial charge in [0.1, 0.15) is 0 Å². The van der Waals surface area contributed by atoms with E-state index in [0.29, 0.717) is 0 Å². The number of hydrogen-bond acceptors (Lipinski definition) is 0. The second-order valence-electron chi connectivity index (χ2n) is 7.32. The summed E-state index contributed by atoms with van der Waals surface area (Å²) in [6.07, 6.45) is 0. The van der Waals surface area contributed by atoms with E-state index in [0.717, 1.165) is 0 Å². The molecule has 0 nitrogen and oxygen atoms in total. The maximum Gasteiger partial charge on any atom is 0.0257 e. The van der Waals surface area contributed by atoms with Crippen molar-refractivity contribution < 1.29 is 0 Å². The molecule has 0 atom stereocenters. The zero-order valence-corrected chi connectivity index (χ0v) is 15.0. The third-order valence-corrected chi connectivity index (χ3v) is 5.39. The molecule has 4 rings (SSSR count). The minimum atomic E-state index is 0.168. The number of benzene rings is 4. The van der Waals surface area contributed by atoms with Crippen LogP contribution in [0.15, 0.2) is 46.9 Å². The van der Waals surface area contributed by atoms with Gasteiger partial charge in [0, 0.05) is 4.47 Å². The van der Waals surface area contributed by atoms with Crippen LogP contribution >= 0.6 is 15.9 Å². The van der Waals surface area contributed by atoms with Gasteiger partial charge in [-0.05, 0) is 61.8 Å².